The molecular formula is C17H19Br2N3O. The van der Waals surface area contributed by atoms with Crippen molar-refractivity contribution in [1.82, 2.24) is 4.57 Å². The van der Waals surface area contributed by atoms with Gasteiger partial charge in [0.2, 0.25) is 0 Å². The molecule has 122 valence electrons. The molecule has 1 heterocycles. The van der Waals surface area contributed by atoms with Crippen molar-refractivity contribution in [3.05, 3.63) is 53.0 Å². The molecular weight excluding hydrogens is 422 g/mol. The zero-order valence-electron chi connectivity index (χ0n) is 12.9. The van der Waals surface area contributed by atoms with Crippen LogP contribution in [0.3, 0.4) is 0 Å². The molecule has 0 aliphatic heterocycles. The second-order valence-electron chi connectivity index (χ2n) is 5.05. The molecule has 3 rings (SSSR count). The molecule has 0 unspecified atom stereocenters. The predicted octanol–water partition coefficient (Wildman–Crippen LogP) is 0.376. The van der Waals surface area contributed by atoms with E-state index in [4.69, 9.17) is 10.5 Å². The lowest BCUT2D eigenvalue weighted by Gasteiger charge is -2.06. The minimum absolute atomic E-state index is 0. The van der Waals surface area contributed by atoms with Gasteiger partial charge in [0.15, 0.2) is 0 Å². The highest BCUT2D eigenvalue weighted by Crippen LogP contribution is 2.17. The third-order valence-corrected chi connectivity index (χ3v) is 4.26. The topological polar surface area (TPSA) is 44.1 Å². The number of halogens is 2. The van der Waals surface area contributed by atoms with E-state index in [-0.39, 0.29) is 17.0 Å². The summed E-state index contributed by atoms with van der Waals surface area (Å²) in [6.45, 7) is 4.25. The molecule has 0 fully saturated rings. The minimum atomic E-state index is 0. The van der Waals surface area contributed by atoms with Crippen LogP contribution in [0.1, 0.15) is 6.92 Å². The van der Waals surface area contributed by atoms with Gasteiger partial charge in [-0.1, -0.05) is 28.1 Å². The number of rotatable bonds is 5. The van der Waals surface area contributed by atoms with Crippen LogP contribution in [-0.4, -0.2) is 11.2 Å². The van der Waals surface area contributed by atoms with Gasteiger partial charge in [0, 0.05) is 4.47 Å². The van der Waals surface area contributed by atoms with E-state index in [1.54, 1.807) is 0 Å². The summed E-state index contributed by atoms with van der Waals surface area (Å²) < 4.78 is 11.1. The van der Waals surface area contributed by atoms with Crippen LogP contribution in [0.25, 0.3) is 11.0 Å². The van der Waals surface area contributed by atoms with E-state index in [2.05, 4.69) is 44.1 Å². The van der Waals surface area contributed by atoms with Crippen molar-refractivity contribution in [2.45, 2.75) is 20.0 Å². The summed E-state index contributed by atoms with van der Waals surface area (Å²) in [5.74, 6) is 1.63. The number of nitrogens with zero attached hydrogens (tertiary/aromatic N) is 2. The smallest absolute Gasteiger partial charge is 0.356 e. The molecule has 0 aliphatic carbocycles. The molecule has 0 aliphatic rings. The van der Waals surface area contributed by atoms with E-state index in [1.165, 1.54) is 0 Å². The summed E-state index contributed by atoms with van der Waals surface area (Å²) in [6, 6.07) is 16.1. The van der Waals surface area contributed by atoms with E-state index in [0.717, 1.165) is 40.3 Å². The summed E-state index contributed by atoms with van der Waals surface area (Å²) in [6.07, 6.45) is 0. The molecule has 2 aromatic carbocycles. The van der Waals surface area contributed by atoms with E-state index in [9.17, 15) is 0 Å². The molecule has 2 N–H and O–H groups in total. The lowest BCUT2D eigenvalue weighted by Crippen LogP contribution is -3.00. The summed E-state index contributed by atoms with van der Waals surface area (Å²) in [4.78, 5) is 0. The summed E-state index contributed by atoms with van der Waals surface area (Å²) in [5.41, 5.74) is 8.59. The van der Waals surface area contributed by atoms with E-state index < -0.39 is 0 Å². The van der Waals surface area contributed by atoms with Gasteiger partial charge in [-0.3, -0.25) is 5.73 Å². The molecule has 0 radical (unpaired) electrons. The highest BCUT2D eigenvalue weighted by atomic mass is 79.9. The van der Waals surface area contributed by atoms with Crippen LogP contribution in [0.2, 0.25) is 0 Å². The van der Waals surface area contributed by atoms with Gasteiger partial charge in [0.1, 0.15) is 29.9 Å². The number of hydrogen-bond acceptors (Lipinski definition) is 2. The molecule has 0 saturated heterocycles. The minimum Gasteiger partial charge on any atom is -1.00 e. The second kappa shape index (κ2) is 7.84. The highest BCUT2D eigenvalue weighted by molar-refractivity contribution is 9.10. The first-order chi connectivity index (χ1) is 10.7. The van der Waals surface area contributed by atoms with Crippen molar-refractivity contribution < 1.29 is 26.3 Å². The van der Waals surface area contributed by atoms with Crippen LogP contribution in [-0.2, 0) is 13.1 Å². The standard InChI is InChI=1S/C17H18BrN3O.BrH/c1-2-20-15-5-3-4-6-16(15)21(17(20)19)11-12-22-14-9-7-13(18)8-10-14;/h3-10,19H,2,11-12H2,1H3;1H. The quantitative estimate of drug-likeness (QED) is 0.583. The first kappa shape index (κ1) is 17.8. The number of imidazole rings is 1. The maximum Gasteiger partial charge on any atom is 0.356 e. The van der Waals surface area contributed by atoms with Crippen molar-refractivity contribution in [3.8, 4) is 5.75 Å². The predicted molar refractivity (Wildman–Crippen MR) is 91.9 cm³/mol. The Labute approximate surface area is 154 Å². The molecule has 0 saturated carbocycles. The lowest BCUT2D eigenvalue weighted by atomic mass is 10.3. The molecule has 4 nitrogen and oxygen atoms in total. The van der Waals surface area contributed by atoms with Crippen LogP contribution >= 0.6 is 15.9 Å². The van der Waals surface area contributed by atoms with E-state index in [0.29, 0.717) is 6.61 Å². The maximum atomic E-state index is 6.29. The van der Waals surface area contributed by atoms with Gasteiger partial charge < -0.3 is 21.7 Å². The maximum absolute atomic E-state index is 6.29. The molecule has 23 heavy (non-hydrogen) atoms. The number of para-hydroxylation sites is 2. The van der Waals surface area contributed by atoms with Crippen molar-refractivity contribution in [2.24, 2.45) is 0 Å². The SMILES string of the molecule is CCn1c(N)[n+](CCOc2ccc(Br)cc2)c2ccccc21.[Br-]. The average molecular weight is 441 g/mol. The Balaban J connectivity index is 0.00000192. The number of aryl methyl sites for hydroxylation is 1. The number of ether oxygens (including phenoxy) is 1. The number of fused-ring (bicyclic) bond motifs is 1. The van der Waals surface area contributed by atoms with Gasteiger partial charge in [-0.05, 0) is 43.3 Å². The number of nitrogen functional groups attached to an aromatic ring is 1. The summed E-state index contributed by atoms with van der Waals surface area (Å²) in [7, 11) is 0. The zero-order valence-corrected chi connectivity index (χ0v) is 16.0. The fraction of sp³-hybridized carbons (Fsp3) is 0.235. The van der Waals surface area contributed by atoms with Gasteiger partial charge in [-0.2, -0.15) is 0 Å². The zero-order chi connectivity index (χ0) is 15.5. The third-order valence-electron chi connectivity index (χ3n) is 3.73. The number of nitrogens with two attached hydrogens (primary N) is 1. The highest BCUT2D eigenvalue weighted by Gasteiger charge is 2.19. The Morgan fingerprint density at radius 1 is 1.13 bits per heavy atom. The number of hydrogen-bond donors (Lipinski definition) is 1. The lowest BCUT2D eigenvalue weighted by molar-refractivity contribution is -0.658. The molecule has 0 atom stereocenters. The molecule has 0 amide bonds. The summed E-state index contributed by atoms with van der Waals surface area (Å²) in [5, 5.41) is 0. The number of aromatic nitrogens is 2. The van der Waals surface area contributed by atoms with Crippen LogP contribution in [0.4, 0.5) is 5.95 Å². The van der Waals surface area contributed by atoms with Gasteiger partial charge in [-0.15, -0.1) is 0 Å². The third kappa shape index (κ3) is 3.70. The van der Waals surface area contributed by atoms with Crippen molar-refractivity contribution >= 4 is 32.9 Å². The molecule has 0 spiro atoms. The molecule has 0 bridgehead atoms. The van der Waals surface area contributed by atoms with Crippen LogP contribution < -0.4 is 32.0 Å². The first-order valence-electron chi connectivity index (χ1n) is 7.35. The van der Waals surface area contributed by atoms with Gasteiger partial charge in [0.25, 0.3) is 0 Å². The summed E-state index contributed by atoms with van der Waals surface area (Å²) >= 11 is 3.42. The Bertz CT molecular complexity index is 784. The van der Waals surface area contributed by atoms with Gasteiger partial charge in [-0.25, -0.2) is 9.13 Å². The normalized spacial score (nSPS) is 10.5. The largest absolute Gasteiger partial charge is 1.00 e. The molecule has 6 heteroatoms. The monoisotopic (exact) mass is 439 g/mol. The van der Waals surface area contributed by atoms with Crippen molar-refractivity contribution in [1.29, 1.82) is 0 Å². The van der Waals surface area contributed by atoms with Crippen LogP contribution in [0.5, 0.6) is 5.75 Å². The number of benzene rings is 2. The average Bonchev–Trinajstić information content (AvgIpc) is 2.81. The Kier molecular flexibility index (Phi) is 6.07. The Morgan fingerprint density at radius 3 is 2.52 bits per heavy atom. The Hall–Kier alpha value is -1.53. The van der Waals surface area contributed by atoms with Gasteiger partial charge >= 0.3 is 5.95 Å². The van der Waals surface area contributed by atoms with E-state index in [1.807, 2.05) is 36.4 Å². The second-order valence-corrected chi connectivity index (χ2v) is 5.96. The van der Waals surface area contributed by atoms with Crippen LogP contribution in [0.15, 0.2) is 53.0 Å². The first-order valence-corrected chi connectivity index (χ1v) is 8.15. The number of anilines is 1. The van der Waals surface area contributed by atoms with Gasteiger partial charge in [0.05, 0.1) is 6.54 Å². The molecule has 3 aromatic rings. The van der Waals surface area contributed by atoms with E-state index >= 15 is 0 Å². The fourth-order valence-corrected chi connectivity index (χ4v) is 2.93. The Morgan fingerprint density at radius 2 is 1.83 bits per heavy atom. The van der Waals surface area contributed by atoms with Crippen LogP contribution in [0, 0.1) is 0 Å². The van der Waals surface area contributed by atoms with Crippen molar-refractivity contribution in [2.75, 3.05) is 12.3 Å². The fourth-order valence-electron chi connectivity index (χ4n) is 2.67. The van der Waals surface area contributed by atoms with Crippen molar-refractivity contribution in [3.63, 3.8) is 0 Å². The molecule has 1 aromatic heterocycles.